The van der Waals surface area contributed by atoms with Crippen LogP contribution in [0.4, 0.5) is 8.78 Å². The van der Waals surface area contributed by atoms with E-state index in [4.69, 9.17) is 15.2 Å². The molecular formula is C15H14BrF2NO2. The van der Waals surface area contributed by atoms with E-state index in [1.807, 2.05) is 6.07 Å². The van der Waals surface area contributed by atoms with Crippen LogP contribution in [0.15, 0.2) is 34.8 Å². The Morgan fingerprint density at radius 3 is 2.48 bits per heavy atom. The number of hydrogen-bond acceptors (Lipinski definition) is 3. The number of nitrogens with two attached hydrogens (primary N) is 1. The van der Waals surface area contributed by atoms with E-state index >= 15 is 0 Å². The Labute approximate surface area is 129 Å². The summed E-state index contributed by atoms with van der Waals surface area (Å²) in [6.45, 7) is 0.465. The lowest BCUT2D eigenvalue weighted by atomic mass is 10.2. The fraction of sp³-hybridized carbons (Fsp3) is 0.200. The Morgan fingerprint density at radius 1 is 1.10 bits per heavy atom. The molecule has 0 unspecified atom stereocenters. The molecule has 112 valence electrons. The van der Waals surface area contributed by atoms with Crippen LogP contribution in [0.5, 0.6) is 11.5 Å². The van der Waals surface area contributed by atoms with Crippen molar-refractivity contribution in [1.29, 1.82) is 0 Å². The van der Waals surface area contributed by atoms with Crippen molar-refractivity contribution in [2.75, 3.05) is 7.11 Å². The predicted molar refractivity (Wildman–Crippen MR) is 79.3 cm³/mol. The minimum Gasteiger partial charge on any atom is -0.493 e. The Morgan fingerprint density at radius 2 is 1.86 bits per heavy atom. The number of rotatable bonds is 5. The zero-order valence-corrected chi connectivity index (χ0v) is 12.9. The van der Waals surface area contributed by atoms with Crippen LogP contribution in [0.3, 0.4) is 0 Å². The van der Waals surface area contributed by atoms with Crippen molar-refractivity contribution in [3.8, 4) is 11.5 Å². The highest BCUT2D eigenvalue weighted by molar-refractivity contribution is 9.10. The number of halogens is 3. The molecule has 3 nitrogen and oxygen atoms in total. The second kappa shape index (κ2) is 6.87. The first-order valence-electron chi connectivity index (χ1n) is 6.18. The second-order valence-corrected chi connectivity index (χ2v) is 5.20. The molecule has 0 spiro atoms. The van der Waals surface area contributed by atoms with Gasteiger partial charge in [-0.15, -0.1) is 0 Å². The van der Waals surface area contributed by atoms with E-state index in [1.165, 1.54) is 13.2 Å². The predicted octanol–water partition coefficient (Wildman–Crippen LogP) is 3.77. The SMILES string of the molecule is COc1cc(CN)cc(Br)c1OCc1ccc(F)c(F)c1. The third kappa shape index (κ3) is 3.71. The lowest BCUT2D eigenvalue weighted by Crippen LogP contribution is -2.02. The number of hydrogen-bond donors (Lipinski definition) is 1. The minimum atomic E-state index is -0.902. The molecule has 2 rings (SSSR count). The van der Waals surface area contributed by atoms with Crippen molar-refractivity contribution >= 4 is 15.9 Å². The Balaban J connectivity index is 2.21. The lowest BCUT2D eigenvalue weighted by Gasteiger charge is -2.14. The molecule has 0 atom stereocenters. The lowest BCUT2D eigenvalue weighted by molar-refractivity contribution is 0.281. The van der Waals surface area contributed by atoms with Gasteiger partial charge < -0.3 is 15.2 Å². The first kappa shape index (κ1) is 15.7. The van der Waals surface area contributed by atoms with Gasteiger partial charge in [-0.2, -0.15) is 0 Å². The second-order valence-electron chi connectivity index (χ2n) is 4.35. The smallest absolute Gasteiger partial charge is 0.175 e. The molecule has 0 amide bonds. The van der Waals surface area contributed by atoms with Crippen LogP contribution in [-0.2, 0) is 13.2 Å². The molecule has 0 aliphatic carbocycles. The van der Waals surface area contributed by atoms with Crippen LogP contribution in [0.2, 0.25) is 0 Å². The van der Waals surface area contributed by atoms with Crippen LogP contribution in [0.1, 0.15) is 11.1 Å². The summed E-state index contributed by atoms with van der Waals surface area (Å²) < 4.78 is 37.6. The van der Waals surface area contributed by atoms with Gasteiger partial charge in [-0.3, -0.25) is 0 Å². The summed E-state index contributed by atoms with van der Waals surface area (Å²) in [5.41, 5.74) is 7.00. The van der Waals surface area contributed by atoms with E-state index in [0.717, 1.165) is 17.7 Å². The van der Waals surface area contributed by atoms with Gasteiger partial charge in [0.05, 0.1) is 11.6 Å². The summed E-state index contributed by atoms with van der Waals surface area (Å²) in [4.78, 5) is 0. The average molecular weight is 358 g/mol. The molecule has 0 fully saturated rings. The maximum atomic E-state index is 13.2. The molecule has 0 bridgehead atoms. The molecule has 0 saturated heterocycles. The van der Waals surface area contributed by atoms with Gasteiger partial charge in [0.2, 0.25) is 0 Å². The van der Waals surface area contributed by atoms with E-state index in [1.54, 1.807) is 6.07 Å². The van der Waals surface area contributed by atoms with Gasteiger partial charge in [0.25, 0.3) is 0 Å². The van der Waals surface area contributed by atoms with Crippen molar-refractivity contribution in [3.63, 3.8) is 0 Å². The van der Waals surface area contributed by atoms with Crippen LogP contribution in [0, 0.1) is 11.6 Å². The highest BCUT2D eigenvalue weighted by Gasteiger charge is 2.12. The molecule has 0 aliphatic rings. The fourth-order valence-corrected chi connectivity index (χ4v) is 2.42. The van der Waals surface area contributed by atoms with Gasteiger partial charge in [-0.05, 0) is 51.3 Å². The Kier molecular flexibility index (Phi) is 5.14. The summed E-state index contributed by atoms with van der Waals surface area (Å²) in [5.74, 6) is -0.780. The van der Waals surface area contributed by atoms with Crippen molar-refractivity contribution < 1.29 is 18.3 Å². The molecule has 0 aliphatic heterocycles. The van der Waals surface area contributed by atoms with E-state index in [0.29, 0.717) is 28.1 Å². The highest BCUT2D eigenvalue weighted by Crippen LogP contribution is 2.37. The minimum absolute atomic E-state index is 0.0914. The summed E-state index contributed by atoms with van der Waals surface area (Å²) in [6, 6.07) is 7.23. The van der Waals surface area contributed by atoms with Gasteiger partial charge in [0, 0.05) is 6.54 Å². The maximum absolute atomic E-state index is 13.2. The van der Waals surface area contributed by atoms with Crippen molar-refractivity contribution in [1.82, 2.24) is 0 Å². The fourth-order valence-electron chi connectivity index (χ4n) is 1.82. The molecule has 21 heavy (non-hydrogen) atoms. The van der Waals surface area contributed by atoms with E-state index in [2.05, 4.69) is 15.9 Å². The normalized spacial score (nSPS) is 10.5. The standard InChI is InChI=1S/C15H14BrF2NO2/c1-20-14-6-10(7-19)4-11(16)15(14)21-8-9-2-3-12(17)13(18)5-9/h2-6H,7-8,19H2,1H3. The average Bonchev–Trinajstić information content (AvgIpc) is 2.48. The van der Waals surface area contributed by atoms with Gasteiger partial charge >= 0.3 is 0 Å². The van der Waals surface area contributed by atoms with Crippen LogP contribution in [0.25, 0.3) is 0 Å². The first-order chi connectivity index (χ1) is 10.0. The van der Waals surface area contributed by atoms with E-state index in [9.17, 15) is 8.78 Å². The third-order valence-corrected chi connectivity index (χ3v) is 3.48. The molecule has 0 saturated carbocycles. The number of methoxy groups -OCH3 is 1. The van der Waals surface area contributed by atoms with E-state index in [-0.39, 0.29) is 6.61 Å². The van der Waals surface area contributed by atoms with Crippen LogP contribution < -0.4 is 15.2 Å². The van der Waals surface area contributed by atoms with Crippen LogP contribution in [-0.4, -0.2) is 7.11 Å². The van der Waals surface area contributed by atoms with Gasteiger partial charge in [-0.1, -0.05) is 6.07 Å². The molecule has 0 radical (unpaired) electrons. The monoisotopic (exact) mass is 357 g/mol. The van der Waals surface area contributed by atoms with Crippen molar-refractivity contribution in [2.24, 2.45) is 5.73 Å². The van der Waals surface area contributed by atoms with Crippen molar-refractivity contribution in [2.45, 2.75) is 13.2 Å². The molecule has 2 aromatic rings. The summed E-state index contributed by atoms with van der Waals surface area (Å²) >= 11 is 3.38. The topological polar surface area (TPSA) is 44.5 Å². The number of ether oxygens (including phenoxy) is 2. The first-order valence-corrected chi connectivity index (χ1v) is 6.97. The maximum Gasteiger partial charge on any atom is 0.175 e. The van der Waals surface area contributed by atoms with Gasteiger partial charge in [0.15, 0.2) is 23.1 Å². The highest BCUT2D eigenvalue weighted by atomic mass is 79.9. The van der Waals surface area contributed by atoms with Crippen LogP contribution >= 0.6 is 15.9 Å². The molecule has 6 heteroatoms. The molecule has 2 aromatic carbocycles. The van der Waals surface area contributed by atoms with Gasteiger partial charge in [0.1, 0.15) is 6.61 Å². The summed E-state index contributed by atoms with van der Waals surface area (Å²) in [7, 11) is 1.52. The zero-order chi connectivity index (χ0) is 15.4. The largest absolute Gasteiger partial charge is 0.493 e. The Hall–Kier alpha value is -1.66. The Bertz CT molecular complexity index is 650. The summed E-state index contributed by atoms with van der Waals surface area (Å²) in [5, 5.41) is 0. The van der Waals surface area contributed by atoms with E-state index < -0.39 is 11.6 Å². The molecule has 0 aromatic heterocycles. The molecular weight excluding hydrogens is 344 g/mol. The zero-order valence-electron chi connectivity index (χ0n) is 11.3. The summed E-state index contributed by atoms with van der Waals surface area (Å²) in [6.07, 6.45) is 0. The van der Waals surface area contributed by atoms with Crippen molar-refractivity contribution in [3.05, 3.63) is 57.6 Å². The van der Waals surface area contributed by atoms with Gasteiger partial charge in [-0.25, -0.2) is 8.78 Å². The number of benzene rings is 2. The molecule has 0 heterocycles. The quantitative estimate of drug-likeness (QED) is 0.885. The molecule has 2 N–H and O–H groups in total. The third-order valence-electron chi connectivity index (χ3n) is 2.89.